The number of nitrogens with zero attached hydrogens (tertiary/aromatic N) is 2. The van der Waals surface area contributed by atoms with E-state index in [-0.39, 0.29) is 24.1 Å². The van der Waals surface area contributed by atoms with E-state index in [0.29, 0.717) is 18.8 Å². The van der Waals surface area contributed by atoms with Gasteiger partial charge in [-0.1, -0.05) is 54.6 Å². The van der Waals surface area contributed by atoms with Crippen molar-refractivity contribution in [2.24, 2.45) is 0 Å². The Morgan fingerprint density at radius 1 is 1.07 bits per heavy atom. The molecule has 0 spiro atoms. The number of amides is 1. The number of hydrogen-bond acceptors (Lipinski definition) is 4. The summed E-state index contributed by atoms with van der Waals surface area (Å²) in [7, 11) is 0. The van der Waals surface area contributed by atoms with Crippen LogP contribution in [0.4, 0.5) is 0 Å². The Morgan fingerprint density at radius 2 is 1.86 bits per heavy atom. The summed E-state index contributed by atoms with van der Waals surface area (Å²) in [4.78, 5) is 24.5. The number of carbonyl (C=O) groups excluding carboxylic acids is 1. The Balaban J connectivity index is 1.43. The first kappa shape index (κ1) is 18.1. The highest BCUT2D eigenvalue weighted by molar-refractivity contribution is 5.75. The Labute approximate surface area is 162 Å². The lowest BCUT2D eigenvalue weighted by Crippen LogP contribution is -2.36. The van der Waals surface area contributed by atoms with Crippen LogP contribution in [0.25, 0.3) is 11.3 Å². The van der Waals surface area contributed by atoms with Gasteiger partial charge in [-0.15, -0.1) is 0 Å². The summed E-state index contributed by atoms with van der Waals surface area (Å²) >= 11 is 0. The van der Waals surface area contributed by atoms with E-state index in [1.165, 1.54) is 16.3 Å². The van der Waals surface area contributed by atoms with Gasteiger partial charge in [0.15, 0.2) is 0 Å². The second kappa shape index (κ2) is 8.19. The molecule has 1 atom stereocenters. The second-order valence-corrected chi connectivity index (χ2v) is 6.69. The van der Waals surface area contributed by atoms with Gasteiger partial charge in [-0.25, -0.2) is 4.68 Å². The normalized spacial score (nSPS) is 15.6. The summed E-state index contributed by atoms with van der Waals surface area (Å²) in [5.41, 5.74) is 3.59. The molecule has 0 aliphatic carbocycles. The largest absolute Gasteiger partial charge is 0.371 e. The molecular formula is C22H21N3O3. The fourth-order valence-corrected chi connectivity index (χ4v) is 3.37. The fourth-order valence-electron chi connectivity index (χ4n) is 3.37. The summed E-state index contributed by atoms with van der Waals surface area (Å²) in [6, 6.07) is 20.7. The van der Waals surface area contributed by atoms with Crippen LogP contribution in [-0.2, 0) is 22.5 Å². The molecule has 1 unspecified atom stereocenters. The topological polar surface area (TPSA) is 73.2 Å². The molecule has 6 heteroatoms. The number of hydrogen-bond donors (Lipinski definition) is 1. The predicted octanol–water partition coefficient (Wildman–Crippen LogP) is 2.34. The molecule has 1 aliphatic rings. The van der Waals surface area contributed by atoms with Crippen LogP contribution >= 0.6 is 0 Å². The number of rotatable bonds is 5. The van der Waals surface area contributed by atoms with Crippen molar-refractivity contribution >= 4 is 5.91 Å². The van der Waals surface area contributed by atoms with Crippen LogP contribution in [0, 0.1) is 0 Å². The summed E-state index contributed by atoms with van der Waals surface area (Å²) < 4.78 is 6.99. The number of fused-ring (bicyclic) bond motifs is 1. The molecule has 0 bridgehead atoms. The van der Waals surface area contributed by atoms with Crippen LogP contribution in [0.2, 0.25) is 0 Å². The van der Waals surface area contributed by atoms with Crippen LogP contribution in [0.15, 0.2) is 71.5 Å². The van der Waals surface area contributed by atoms with Crippen molar-refractivity contribution in [3.8, 4) is 11.3 Å². The van der Waals surface area contributed by atoms with Gasteiger partial charge in [-0.05, 0) is 23.6 Å². The van der Waals surface area contributed by atoms with Gasteiger partial charge in [0.2, 0.25) is 5.91 Å². The third-order valence-corrected chi connectivity index (χ3v) is 4.81. The van der Waals surface area contributed by atoms with Crippen molar-refractivity contribution in [3.05, 3.63) is 88.2 Å². The number of carbonyl (C=O) groups is 1. The molecule has 0 radical (unpaired) electrons. The van der Waals surface area contributed by atoms with E-state index in [4.69, 9.17) is 4.74 Å². The third kappa shape index (κ3) is 4.02. The molecule has 0 fully saturated rings. The Morgan fingerprint density at radius 3 is 2.71 bits per heavy atom. The summed E-state index contributed by atoms with van der Waals surface area (Å²) in [6.45, 7) is 0.870. The molecule has 1 amide bonds. The molecular weight excluding hydrogens is 354 g/mol. The van der Waals surface area contributed by atoms with Crippen molar-refractivity contribution in [2.45, 2.75) is 19.1 Å². The van der Waals surface area contributed by atoms with E-state index in [9.17, 15) is 9.59 Å². The summed E-state index contributed by atoms with van der Waals surface area (Å²) in [5, 5.41) is 7.19. The highest BCUT2D eigenvalue weighted by Gasteiger charge is 2.21. The Bertz CT molecular complexity index is 1030. The minimum absolute atomic E-state index is 0.131. The molecule has 0 saturated carbocycles. The highest BCUT2D eigenvalue weighted by Crippen LogP contribution is 2.26. The average molecular weight is 375 g/mol. The lowest BCUT2D eigenvalue weighted by Gasteiger charge is -2.26. The van der Waals surface area contributed by atoms with Crippen LogP contribution in [-0.4, -0.2) is 28.8 Å². The van der Waals surface area contributed by atoms with Gasteiger partial charge in [0.25, 0.3) is 5.56 Å². The quantitative estimate of drug-likeness (QED) is 0.743. The second-order valence-electron chi connectivity index (χ2n) is 6.69. The Kier molecular flexibility index (Phi) is 5.30. The van der Waals surface area contributed by atoms with Crippen LogP contribution < -0.4 is 10.9 Å². The minimum atomic E-state index is -0.311. The van der Waals surface area contributed by atoms with Crippen molar-refractivity contribution in [1.29, 1.82) is 0 Å². The smallest absolute Gasteiger partial charge is 0.267 e. The Hall–Kier alpha value is -3.25. The van der Waals surface area contributed by atoms with E-state index in [1.54, 1.807) is 6.07 Å². The first-order chi connectivity index (χ1) is 13.7. The zero-order valence-electron chi connectivity index (χ0n) is 15.4. The average Bonchev–Trinajstić information content (AvgIpc) is 2.74. The lowest BCUT2D eigenvalue weighted by atomic mass is 9.97. The van der Waals surface area contributed by atoms with Crippen LogP contribution in [0.3, 0.4) is 0 Å². The maximum atomic E-state index is 12.4. The molecule has 2 heterocycles. The number of nitrogens with one attached hydrogen (secondary N) is 1. The van der Waals surface area contributed by atoms with Crippen molar-refractivity contribution in [2.75, 3.05) is 13.2 Å². The zero-order chi connectivity index (χ0) is 19.3. The van der Waals surface area contributed by atoms with Crippen molar-refractivity contribution < 1.29 is 9.53 Å². The number of ether oxygens (including phenoxy) is 1. The molecule has 28 heavy (non-hydrogen) atoms. The van der Waals surface area contributed by atoms with Gasteiger partial charge < -0.3 is 10.1 Å². The standard InChI is InChI=1S/C22H21N3O3/c26-21(23-14-20-18-9-5-4-6-16(18)12-13-28-20)15-25-22(27)11-10-19(24-25)17-7-2-1-3-8-17/h1-11,20H,12-15H2,(H,23,26). The van der Waals surface area contributed by atoms with Gasteiger partial charge in [0.05, 0.1) is 12.3 Å². The first-order valence-corrected chi connectivity index (χ1v) is 9.30. The third-order valence-electron chi connectivity index (χ3n) is 4.81. The minimum Gasteiger partial charge on any atom is -0.371 e. The molecule has 4 rings (SSSR count). The molecule has 2 aromatic carbocycles. The molecule has 1 aromatic heterocycles. The van der Waals surface area contributed by atoms with Gasteiger partial charge in [-0.2, -0.15) is 5.10 Å². The monoisotopic (exact) mass is 375 g/mol. The molecule has 142 valence electrons. The SMILES string of the molecule is O=C(Cn1nc(-c2ccccc2)ccc1=O)NCC1OCCc2ccccc21. The molecule has 1 aliphatic heterocycles. The van der Waals surface area contributed by atoms with Crippen LogP contribution in [0.5, 0.6) is 0 Å². The molecule has 3 aromatic rings. The number of benzene rings is 2. The summed E-state index contributed by atoms with van der Waals surface area (Å²) in [6.07, 6.45) is 0.709. The summed E-state index contributed by atoms with van der Waals surface area (Å²) in [5.74, 6) is -0.272. The fraction of sp³-hybridized carbons (Fsp3) is 0.227. The lowest BCUT2D eigenvalue weighted by molar-refractivity contribution is -0.122. The van der Waals surface area contributed by atoms with Gasteiger partial charge in [0, 0.05) is 18.2 Å². The van der Waals surface area contributed by atoms with Gasteiger partial charge in [-0.3, -0.25) is 9.59 Å². The van der Waals surface area contributed by atoms with Crippen molar-refractivity contribution in [3.63, 3.8) is 0 Å². The first-order valence-electron chi connectivity index (χ1n) is 9.30. The van der Waals surface area contributed by atoms with E-state index < -0.39 is 0 Å². The molecule has 6 nitrogen and oxygen atoms in total. The van der Waals surface area contributed by atoms with E-state index in [1.807, 2.05) is 48.5 Å². The van der Waals surface area contributed by atoms with Gasteiger partial charge >= 0.3 is 0 Å². The number of aromatic nitrogens is 2. The zero-order valence-corrected chi connectivity index (χ0v) is 15.4. The molecule has 0 saturated heterocycles. The highest BCUT2D eigenvalue weighted by atomic mass is 16.5. The molecule has 1 N–H and O–H groups in total. The maximum Gasteiger partial charge on any atom is 0.267 e. The van der Waals surface area contributed by atoms with E-state index >= 15 is 0 Å². The van der Waals surface area contributed by atoms with E-state index in [2.05, 4.69) is 16.5 Å². The maximum absolute atomic E-state index is 12.4. The van der Waals surface area contributed by atoms with Crippen molar-refractivity contribution in [1.82, 2.24) is 15.1 Å². The van der Waals surface area contributed by atoms with Crippen LogP contribution in [0.1, 0.15) is 17.2 Å². The van der Waals surface area contributed by atoms with E-state index in [0.717, 1.165) is 17.5 Å². The van der Waals surface area contributed by atoms with Gasteiger partial charge in [0.1, 0.15) is 12.6 Å². The predicted molar refractivity (Wildman–Crippen MR) is 106 cm³/mol.